The van der Waals surface area contributed by atoms with E-state index in [0.29, 0.717) is 37.5 Å². The van der Waals surface area contributed by atoms with Gasteiger partial charge in [-0.25, -0.2) is 8.42 Å². The van der Waals surface area contributed by atoms with Gasteiger partial charge in [0, 0.05) is 37.5 Å². The van der Waals surface area contributed by atoms with Crippen molar-refractivity contribution in [2.24, 2.45) is 0 Å². The van der Waals surface area contributed by atoms with E-state index < -0.39 is 10.0 Å². The maximum absolute atomic E-state index is 12.6. The molecule has 1 amide bonds. The second kappa shape index (κ2) is 7.48. The van der Waals surface area contributed by atoms with Crippen LogP contribution in [0.1, 0.15) is 19.8 Å². The fourth-order valence-corrected chi connectivity index (χ4v) is 4.28. The molecule has 0 saturated carbocycles. The number of carbonyl (C=O) groups is 1. The summed E-state index contributed by atoms with van der Waals surface area (Å²) in [6.07, 6.45) is 3.30. The normalized spacial score (nSPS) is 16.7. The fraction of sp³-hybridized carbons (Fsp3) is 0.533. The Hall–Kier alpha value is -1.05. The van der Waals surface area contributed by atoms with Crippen LogP contribution in [0.25, 0.3) is 0 Å². The van der Waals surface area contributed by atoms with Gasteiger partial charge in [-0.05, 0) is 36.9 Å². The van der Waals surface area contributed by atoms with Crippen LogP contribution in [0.4, 0.5) is 0 Å². The zero-order valence-corrected chi connectivity index (χ0v) is 14.6. The third-order valence-corrected chi connectivity index (χ3v) is 6.41. The number of carbonyl (C=O) groups excluding carboxylic acids is 1. The van der Waals surface area contributed by atoms with Crippen LogP contribution in [0.5, 0.6) is 0 Å². The molecule has 0 radical (unpaired) electrons. The van der Waals surface area contributed by atoms with Gasteiger partial charge in [-0.2, -0.15) is 4.31 Å². The van der Waals surface area contributed by atoms with Gasteiger partial charge in [-0.15, -0.1) is 11.8 Å². The summed E-state index contributed by atoms with van der Waals surface area (Å²) in [5.41, 5.74) is 0. The van der Waals surface area contributed by atoms with E-state index in [2.05, 4.69) is 0 Å². The molecule has 1 aliphatic rings. The Bertz CT molecular complexity index is 606. The second-order valence-electron chi connectivity index (χ2n) is 5.21. The maximum atomic E-state index is 12.6. The molecule has 2 rings (SSSR count). The van der Waals surface area contributed by atoms with Crippen molar-refractivity contribution in [3.63, 3.8) is 0 Å². The molecule has 122 valence electrons. The van der Waals surface area contributed by atoms with E-state index in [0.717, 1.165) is 11.3 Å². The Balaban J connectivity index is 2.04. The van der Waals surface area contributed by atoms with Gasteiger partial charge in [0.1, 0.15) is 0 Å². The molecule has 1 fully saturated rings. The van der Waals surface area contributed by atoms with Crippen LogP contribution in [-0.4, -0.2) is 56.0 Å². The minimum Gasteiger partial charge on any atom is -0.340 e. The average molecular weight is 342 g/mol. The van der Waals surface area contributed by atoms with Gasteiger partial charge in [0.25, 0.3) is 0 Å². The van der Waals surface area contributed by atoms with E-state index in [1.54, 1.807) is 28.8 Å². The van der Waals surface area contributed by atoms with Crippen LogP contribution < -0.4 is 0 Å². The average Bonchev–Trinajstić information content (AvgIpc) is 2.55. The quantitative estimate of drug-likeness (QED) is 0.769. The Morgan fingerprint density at radius 2 is 1.73 bits per heavy atom. The number of hydrogen-bond acceptors (Lipinski definition) is 4. The van der Waals surface area contributed by atoms with E-state index in [-0.39, 0.29) is 5.91 Å². The molecule has 1 aliphatic heterocycles. The monoisotopic (exact) mass is 342 g/mol. The molecule has 1 saturated heterocycles. The highest BCUT2D eigenvalue weighted by Crippen LogP contribution is 2.21. The van der Waals surface area contributed by atoms with Gasteiger partial charge >= 0.3 is 0 Å². The molecule has 1 heterocycles. The molecule has 0 spiro atoms. The van der Waals surface area contributed by atoms with Crippen LogP contribution in [0.2, 0.25) is 0 Å². The molecule has 5 nitrogen and oxygen atoms in total. The number of rotatable bonds is 5. The smallest absolute Gasteiger partial charge is 0.243 e. The lowest BCUT2D eigenvalue weighted by Gasteiger charge is -2.34. The summed E-state index contributed by atoms with van der Waals surface area (Å²) >= 11 is 1.58. The van der Waals surface area contributed by atoms with Crippen molar-refractivity contribution in [2.75, 3.05) is 32.4 Å². The first kappa shape index (κ1) is 17.3. The fourth-order valence-electron chi connectivity index (χ4n) is 2.45. The number of nitrogens with zero attached hydrogens (tertiary/aromatic N) is 2. The highest BCUT2D eigenvalue weighted by Gasteiger charge is 2.29. The SMILES string of the molecule is CCCC(=O)N1CCN(S(=O)(=O)c2ccc(SC)cc2)CC1. The molecule has 22 heavy (non-hydrogen) atoms. The summed E-state index contributed by atoms with van der Waals surface area (Å²) < 4.78 is 26.7. The second-order valence-corrected chi connectivity index (χ2v) is 8.03. The highest BCUT2D eigenvalue weighted by atomic mass is 32.2. The van der Waals surface area contributed by atoms with Crippen molar-refractivity contribution in [3.8, 4) is 0 Å². The molecular formula is C15H22N2O3S2. The van der Waals surface area contributed by atoms with Gasteiger partial charge in [-0.1, -0.05) is 6.92 Å². The number of benzene rings is 1. The van der Waals surface area contributed by atoms with E-state index in [9.17, 15) is 13.2 Å². The first-order valence-electron chi connectivity index (χ1n) is 7.41. The molecule has 7 heteroatoms. The van der Waals surface area contributed by atoms with E-state index in [4.69, 9.17) is 0 Å². The third-order valence-electron chi connectivity index (χ3n) is 3.75. The van der Waals surface area contributed by atoms with Crippen molar-refractivity contribution in [1.29, 1.82) is 0 Å². The zero-order chi connectivity index (χ0) is 16.2. The Labute approximate surface area is 136 Å². The topological polar surface area (TPSA) is 57.7 Å². The van der Waals surface area contributed by atoms with Crippen LogP contribution in [0.15, 0.2) is 34.1 Å². The Morgan fingerprint density at radius 1 is 1.14 bits per heavy atom. The van der Waals surface area contributed by atoms with Gasteiger partial charge in [0.05, 0.1) is 4.90 Å². The van der Waals surface area contributed by atoms with Crippen molar-refractivity contribution < 1.29 is 13.2 Å². The van der Waals surface area contributed by atoms with E-state index >= 15 is 0 Å². The molecular weight excluding hydrogens is 320 g/mol. The molecule has 0 unspecified atom stereocenters. The molecule has 0 N–H and O–H groups in total. The minimum absolute atomic E-state index is 0.115. The predicted octanol–water partition coefficient (Wildman–Crippen LogP) is 2.04. The van der Waals surface area contributed by atoms with Crippen molar-refractivity contribution in [3.05, 3.63) is 24.3 Å². The van der Waals surface area contributed by atoms with Crippen LogP contribution in [-0.2, 0) is 14.8 Å². The van der Waals surface area contributed by atoms with Crippen LogP contribution >= 0.6 is 11.8 Å². The lowest BCUT2D eigenvalue weighted by molar-refractivity contribution is -0.132. The van der Waals surface area contributed by atoms with E-state index in [1.807, 2.05) is 25.3 Å². The molecule has 0 aliphatic carbocycles. The lowest BCUT2D eigenvalue weighted by atomic mass is 10.2. The van der Waals surface area contributed by atoms with Gasteiger partial charge in [-0.3, -0.25) is 4.79 Å². The standard InChI is InChI=1S/C15H22N2O3S2/c1-3-4-15(18)16-9-11-17(12-10-16)22(19,20)14-7-5-13(21-2)6-8-14/h5-8H,3-4,9-12H2,1-2H3. The Kier molecular flexibility index (Phi) is 5.88. The van der Waals surface area contributed by atoms with Gasteiger partial charge in [0.15, 0.2) is 0 Å². The summed E-state index contributed by atoms with van der Waals surface area (Å²) in [4.78, 5) is 15.0. The maximum Gasteiger partial charge on any atom is 0.243 e. The zero-order valence-electron chi connectivity index (χ0n) is 13.0. The third kappa shape index (κ3) is 3.83. The number of sulfonamides is 1. The summed E-state index contributed by atoms with van der Waals surface area (Å²) in [5.74, 6) is 0.115. The largest absolute Gasteiger partial charge is 0.340 e. The number of thioether (sulfide) groups is 1. The van der Waals surface area contributed by atoms with Gasteiger partial charge in [0.2, 0.25) is 15.9 Å². The lowest BCUT2D eigenvalue weighted by Crippen LogP contribution is -2.50. The first-order valence-corrected chi connectivity index (χ1v) is 10.1. The van der Waals surface area contributed by atoms with Crippen LogP contribution in [0.3, 0.4) is 0 Å². The van der Waals surface area contributed by atoms with Gasteiger partial charge < -0.3 is 4.90 Å². The van der Waals surface area contributed by atoms with Crippen molar-refractivity contribution >= 4 is 27.7 Å². The number of amides is 1. The van der Waals surface area contributed by atoms with Crippen molar-refractivity contribution in [2.45, 2.75) is 29.6 Å². The summed E-state index contributed by atoms with van der Waals surface area (Å²) in [6.45, 7) is 3.64. The number of hydrogen-bond donors (Lipinski definition) is 0. The molecule has 1 aromatic rings. The number of piperazine rings is 1. The Morgan fingerprint density at radius 3 is 2.23 bits per heavy atom. The van der Waals surface area contributed by atoms with E-state index in [1.165, 1.54) is 4.31 Å². The van der Waals surface area contributed by atoms with Crippen molar-refractivity contribution in [1.82, 2.24) is 9.21 Å². The highest BCUT2D eigenvalue weighted by molar-refractivity contribution is 7.98. The molecule has 0 bridgehead atoms. The predicted molar refractivity (Wildman–Crippen MR) is 88.5 cm³/mol. The molecule has 0 aromatic heterocycles. The van der Waals surface area contributed by atoms with Crippen LogP contribution in [0, 0.1) is 0 Å². The first-order chi connectivity index (χ1) is 10.5. The molecule has 1 aromatic carbocycles. The molecule has 0 atom stereocenters. The summed E-state index contributed by atoms with van der Waals surface area (Å²) in [6, 6.07) is 6.93. The summed E-state index contributed by atoms with van der Waals surface area (Å²) in [5, 5.41) is 0. The minimum atomic E-state index is -3.46. The summed E-state index contributed by atoms with van der Waals surface area (Å²) in [7, 11) is -3.46.